The maximum atomic E-state index is 14.1. The summed E-state index contributed by atoms with van der Waals surface area (Å²) in [5.41, 5.74) is -0.717. The van der Waals surface area contributed by atoms with E-state index in [-0.39, 0.29) is 24.6 Å². The van der Waals surface area contributed by atoms with Crippen molar-refractivity contribution >= 4 is 40.1 Å². The molecule has 2 fully saturated rings. The summed E-state index contributed by atoms with van der Waals surface area (Å²) in [5, 5.41) is 11.2. The number of rotatable bonds is 18. The van der Waals surface area contributed by atoms with Gasteiger partial charge in [0, 0.05) is 25.0 Å². The molecule has 2 aliphatic rings. The average Bonchev–Trinajstić information content (AvgIpc) is 3.68. The van der Waals surface area contributed by atoms with Crippen molar-refractivity contribution in [3.8, 4) is 12.3 Å². The zero-order valence-corrected chi connectivity index (χ0v) is 31.2. The second kappa shape index (κ2) is 18.3. The van der Waals surface area contributed by atoms with Crippen molar-refractivity contribution in [2.75, 3.05) is 19.4 Å². The van der Waals surface area contributed by atoms with Gasteiger partial charge in [0.25, 0.3) is 5.91 Å². The Bertz CT molecular complexity index is 1170. The number of hydrogen-bond acceptors (Lipinski definition) is 7. The van der Waals surface area contributed by atoms with Crippen molar-refractivity contribution in [3.63, 3.8) is 0 Å². The Morgan fingerprint density at radius 1 is 0.979 bits per heavy atom. The van der Waals surface area contributed by atoms with Crippen LogP contribution in [0.1, 0.15) is 119 Å². The number of urea groups is 1. The van der Waals surface area contributed by atoms with Crippen LogP contribution in [0.15, 0.2) is 0 Å². The number of amides is 5. The maximum absolute atomic E-state index is 14.1. The van der Waals surface area contributed by atoms with Gasteiger partial charge < -0.3 is 26.2 Å². The third-order valence-electron chi connectivity index (χ3n) is 8.97. The SMILES string of the molecule is C#CCCC(NC(=O)[C@@H]1CCCN1C(=O)C(NC(=O)NC(CCCCCC)CS(O)(OC)C(C)(C)C)C(C)(C)C)C(=O)C(=O)NC1CC1. The van der Waals surface area contributed by atoms with Crippen molar-refractivity contribution in [1.82, 2.24) is 26.2 Å². The lowest BCUT2D eigenvalue weighted by Crippen LogP contribution is -2.60. The molecule has 1 saturated carbocycles. The fourth-order valence-corrected chi connectivity index (χ4v) is 7.67. The number of hydrogen-bond donors (Lipinski definition) is 5. The molecule has 1 aliphatic heterocycles. The first-order chi connectivity index (χ1) is 22.4. The third-order valence-corrected chi connectivity index (χ3v) is 12.3. The minimum atomic E-state index is -2.54. The molecule has 13 heteroatoms. The molecule has 48 heavy (non-hydrogen) atoms. The molecule has 12 nitrogen and oxygen atoms in total. The van der Waals surface area contributed by atoms with E-state index in [4.69, 9.17) is 10.6 Å². The van der Waals surface area contributed by atoms with E-state index in [1.807, 2.05) is 41.5 Å². The van der Waals surface area contributed by atoms with Gasteiger partial charge in [0.05, 0.1) is 23.7 Å². The van der Waals surface area contributed by atoms with Crippen molar-refractivity contribution in [3.05, 3.63) is 0 Å². The van der Waals surface area contributed by atoms with Gasteiger partial charge in [-0.15, -0.1) is 12.3 Å². The van der Waals surface area contributed by atoms with Gasteiger partial charge in [-0.2, -0.15) is 10.6 Å². The number of terminal acetylenes is 1. The Morgan fingerprint density at radius 2 is 1.65 bits per heavy atom. The normalized spacial score (nSPS) is 20.3. The molecule has 1 heterocycles. The first-order valence-corrected chi connectivity index (χ1v) is 19.1. The standard InChI is InChI=1S/C35H61N5O7S/c1-10-12-14-15-17-25(23-48(46,47-9)35(6,7)8)37-33(45)39-29(34(3,4)5)32(44)40-22-16-19-27(40)30(42)38-26(18-13-11-2)28(41)31(43)36-24-20-21-24/h2,24-27,29,46H,10,12-23H2,1,3-9H3,(H,36,43)(H,38,42)(H2,37,39,45)/t25?,26?,27-,29?/m0/s1. The third kappa shape index (κ3) is 12.3. The maximum Gasteiger partial charge on any atom is 0.315 e. The van der Waals surface area contributed by atoms with Gasteiger partial charge in [-0.25, -0.2) is 4.79 Å². The summed E-state index contributed by atoms with van der Waals surface area (Å²) in [7, 11) is -1.05. The van der Waals surface area contributed by atoms with Crippen LogP contribution in [-0.4, -0.2) is 93.4 Å². The number of carbonyl (C=O) groups is 5. The highest BCUT2D eigenvalue weighted by molar-refractivity contribution is 8.26. The van der Waals surface area contributed by atoms with Gasteiger partial charge in [-0.05, 0) is 64.7 Å². The molecule has 1 aliphatic carbocycles. The number of likely N-dealkylation sites (tertiary alicyclic amines) is 1. The summed E-state index contributed by atoms with van der Waals surface area (Å²) in [5.74, 6) is 0.232. The summed E-state index contributed by atoms with van der Waals surface area (Å²) >= 11 is 0. The van der Waals surface area contributed by atoms with Crippen molar-refractivity contribution in [2.24, 2.45) is 5.41 Å². The van der Waals surface area contributed by atoms with Crippen LogP contribution < -0.4 is 21.3 Å². The highest BCUT2D eigenvalue weighted by Gasteiger charge is 2.43. The molecule has 0 spiro atoms. The first-order valence-electron chi connectivity index (χ1n) is 17.4. The molecule has 0 radical (unpaired) electrons. The second-order valence-corrected chi connectivity index (χ2v) is 18.3. The summed E-state index contributed by atoms with van der Waals surface area (Å²) in [6.07, 6.45) is 12.9. The van der Waals surface area contributed by atoms with Gasteiger partial charge >= 0.3 is 6.03 Å². The van der Waals surface area contributed by atoms with Crippen LogP contribution >= 0.6 is 10.6 Å². The Labute approximate surface area is 289 Å². The molecule has 274 valence electrons. The monoisotopic (exact) mass is 695 g/mol. The molecule has 4 unspecified atom stereocenters. The van der Waals surface area contributed by atoms with Gasteiger partial charge in [-0.3, -0.25) is 27.9 Å². The summed E-state index contributed by atoms with van der Waals surface area (Å²) in [6.45, 7) is 13.7. The molecule has 5 N–H and O–H groups in total. The van der Waals surface area contributed by atoms with Crippen LogP contribution in [0.3, 0.4) is 0 Å². The van der Waals surface area contributed by atoms with Gasteiger partial charge in [0.1, 0.15) is 12.1 Å². The number of carbonyl (C=O) groups excluding carboxylic acids is 5. The van der Waals surface area contributed by atoms with Crippen molar-refractivity contribution < 1.29 is 32.7 Å². The van der Waals surface area contributed by atoms with E-state index in [0.29, 0.717) is 25.8 Å². The lowest BCUT2D eigenvalue weighted by molar-refractivity contribution is -0.143. The van der Waals surface area contributed by atoms with Crippen LogP contribution in [0.25, 0.3) is 0 Å². The number of nitrogens with zero attached hydrogens (tertiary/aromatic N) is 1. The molecule has 0 aromatic carbocycles. The van der Waals surface area contributed by atoms with Gasteiger partial charge in [0.2, 0.25) is 17.6 Å². The predicted molar refractivity (Wildman–Crippen MR) is 190 cm³/mol. The molecule has 2 rings (SSSR count). The lowest BCUT2D eigenvalue weighted by atomic mass is 9.85. The lowest BCUT2D eigenvalue weighted by Gasteiger charge is -2.49. The molecular formula is C35H61N5O7S. The molecule has 0 bridgehead atoms. The highest BCUT2D eigenvalue weighted by atomic mass is 32.3. The minimum Gasteiger partial charge on any atom is -0.347 e. The van der Waals surface area contributed by atoms with Crippen LogP contribution in [0, 0.1) is 17.8 Å². The molecule has 5 atom stereocenters. The Hall–Kier alpha value is -2.82. The van der Waals surface area contributed by atoms with Gasteiger partial charge in [0.15, 0.2) is 0 Å². The van der Waals surface area contributed by atoms with Crippen molar-refractivity contribution in [2.45, 2.75) is 154 Å². The predicted octanol–water partition coefficient (Wildman–Crippen LogP) is 4.41. The first kappa shape index (κ1) is 41.4. The Morgan fingerprint density at radius 3 is 2.19 bits per heavy atom. The second-order valence-electron chi connectivity index (χ2n) is 15.2. The van der Waals surface area contributed by atoms with E-state index in [0.717, 1.165) is 38.5 Å². The molecule has 0 aromatic heterocycles. The number of unbranched alkanes of at least 4 members (excludes halogenated alkanes) is 3. The molecule has 0 aromatic rings. The number of ketones is 1. The summed E-state index contributed by atoms with van der Waals surface area (Å²) < 4.78 is 16.5. The van der Waals surface area contributed by atoms with Crippen LogP contribution in [-0.2, 0) is 23.4 Å². The van der Waals surface area contributed by atoms with E-state index < -0.39 is 74.5 Å². The molecule has 1 saturated heterocycles. The zero-order valence-electron chi connectivity index (χ0n) is 30.4. The Balaban J connectivity index is 2.20. The highest BCUT2D eigenvalue weighted by Crippen LogP contribution is 2.56. The largest absolute Gasteiger partial charge is 0.347 e. The van der Waals surface area contributed by atoms with E-state index >= 15 is 0 Å². The number of Topliss-reactive ketones (excluding diaryl/α,β-unsaturated/α-hetero) is 1. The van der Waals surface area contributed by atoms with E-state index in [9.17, 15) is 28.5 Å². The summed E-state index contributed by atoms with van der Waals surface area (Å²) in [4.78, 5) is 68.1. The fraction of sp³-hybridized carbons (Fsp3) is 0.800. The smallest absolute Gasteiger partial charge is 0.315 e. The molecular weight excluding hydrogens is 634 g/mol. The minimum absolute atomic E-state index is 0.0188. The topological polar surface area (TPSA) is 166 Å². The zero-order chi connectivity index (χ0) is 36.3. The quantitative estimate of drug-likeness (QED) is 0.0805. The van der Waals surface area contributed by atoms with Crippen molar-refractivity contribution in [1.29, 1.82) is 0 Å². The van der Waals surface area contributed by atoms with E-state index in [2.05, 4.69) is 34.1 Å². The van der Waals surface area contributed by atoms with E-state index in [1.165, 1.54) is 12.0 Å². The van der Waals surface area contributed by atoms with E-state index in [1.54, 1.807) is 0 Å². The van der Waals surface area contributed by atoms with Crippen LogP contribution in [0.4, 0.5) is 4.79 Å². The summed E-state index contributed by atoms with van der Waals surface area (Å²) in [6, 6.07) is -3.92. The number of nitrogens with one attached hydrogen (secondary N) is 4. The van der Waals surface area contributed by atoms with Crippen LogP contribution in [0.2, 0.25) is 0 Å². The average molecular weight is 696 g/mol. The fourth-order valence-electron chi connectivity index (χ4n) is 5.74. The Kier molecular flexibility index (Phi) is 15.7. The molecule has 5 amide bonds. The van der Waals surface area contributed by atoms with Gasteiger partial charge in [-0.1, -0.05) is 53.4 Å². The van der Waals surface area contributed by atoms with Crippen LogP contribution in [0.5, 0.6) is 0 Å².